The number of hydrogen-bond acceptors (Lipinski definition) is 4. The molecule has 1 aromatic carbocycles. The van der Waals surface area contributed by atoms with Gasteiger partial charge in [0, 0.05) is 19.6 Å². The van der Waals surface area contributed by atoms with Gasteiger partial charge in [0.1, 0.15) is 13.2 Å². The van der Waals surface area contributed by atoms with Crippen molar-refractivity contribution in [1.82, 2.24) is 4.90 Å². The fourth-order valence-electron chi connectivity index (χ4n) is 2.97. The Kier molecular flexibility index (Phi) is 4.29. The van der Waals surface area contributed by atoms with Gasteiger partial charge in [-0.05, 0) is 37.0 Å². The van der Waals surface area contributed by atoms with E-state index in [1.54, 1.807) is 0 Å². The third-order valence-electron chi connectivity index (χ3n) is 4.14. The summed E-state index contributed by atoms with van der Waals surface area (Å²) < 4.78 is 11.1. The number of nitrogens with two attached hydrogens (primary N) is 1. The Bertz CT molecular complexity index is 512. The maximum absolute atomic E-state index is 12.5. The van der Waals surface area contributed by atoms with Crippen LogP contribution in [0.1, 0.15) is 18.4 Å². The second-order valence-electron chi connectivity index (χ2n) is 5.65. The fourth-order valence-corrected chi connectivity index (χ4v) is 2.97. The summed E-state index contributed by atoms with van der Waals surface area (Å²) in [5, 5.41) is 0. The van der Waals surface area contributed by atoms with Crippen LogP contribution in [0.5, 0.6) is 11.5 Å². The van der Waals surface area contributed by atoms with Crippen molar-refractivity contribution in [2.24, 2.45) is 11.7 Å². The van der Waals surface area contributed by atoms with Gasteiger partial charge in [-0.25, -0.2) is 0 Å². The number of benzene rings is 1. The SMILES string of the molecule is NCC(Cc1ccc2c(c1)OCCO2)C(=O)N1CCCC1. The molecule has 5 nitrogen and oxygen atoms in total. The van der Waals surface area contributed by atoms with Crippen LogP contribution in [-0.2, 0) is 11.2 Å². The molecule has 0 aliphatic carbocycles. The van der Waals surface area contributed by atoms with Crippen molar-refractivity contribution in [3.63, 3.8) is 0 Å². The predicted molar refractivity (Wildman–Crippen MR) is 79.5 cm³/mol. The van der Waals surface area contributed by atoms with Gasteiger partial charge in [-0.3, -0.25) is 4.79 Å². The third-order valence-corrected chi connectivity index (χ3v) is 4.14. The minimum Gasteiger partial charge on any atom is -0.486 e. The van der Waals surface area contributed by atoms with E-state index in [1.165, 1.54) is 0 Å². The Morgan fingerprint density at radius 3 is 2.62 bits per heavy atom. The van der Waals surface area contributed by atoms with E-state index in [0.717, 1.165) is 43.0 Å². The zero-order chi connectivity index (χ0) is 14.7. The van der Waals surface area contributed by atoms with Crippen LogP contribution >= 0.6 is 0 Å². The van der Waals surface area contributed by atoms with E-state index in [1.807, 2.05) is 23.1 Å². The summed E-state index contributed by atoms with van der Waals surface area (Å²) in [5.74, 6) is 1.58. The first-order valence-corrected chi connectivity index (χ1v) is 7.65. The van der Waals surface area contributed by atoms with Gasteiger partial charge < -0.3 is 20.1 Å². The van der Waals surface area contributed by atoms with Gasteiger partial charge in [0.2, 0.25) is 5.91 Å². The van der Waals surface area contributed by atoms with Crippen LogP contribution in [-0.4, -0.2) is 43.7 Å². The van der Waals surface area contributed by atoms with E-state index in [4.69, 9.17) is 15.2 Å². The van der Waals surface area contributed by atoms with E-state index >= 15 is 0 Å². The maximum atomic E-state index is 12.5. The molecule has 2 heterocycles. The van der Waals surface area contributed by atoms with Crippen LogP contribution in [0.25, 0.3) is 0 Å². The molecule has 1 atom stereocenters. The second kappa shape index (κ2) is 6.35. The van der Waals surface area contributed by atoms with E-state index < -0.39 is 0 Å². The lowest BCUT2D eigenvalue weighted by Gasteiger charge is -2.23. The van der Waals surface area contributed by atoms with Crippen LogP contribution < -0.4 is 15.2 Å². The van der Waals surface area contributed by atoms with Crippen LogP contribution in [0.4, 0.5) is 0 Å². The van der Waals surface area contributed by atoms with Crippen molar-refractivity contribution in [2.75, 3.05) is 32.8 Å². The average Bonchev–Trinajstić information content (AvgIpc) is 3.06. The maximum Gasteiger partial charge on any atom is 0.227 e. The van der Waals surface area contributed by atoms with Crippen molar-refractivity contribution in [3.8, 4) is 11.5 Å². The molecule has 2 aliphatic rings. The predicted octanol–water partition coefficient (Wildman–Crippen LogP) is 1.20. The number of carbonyl (C=O) groups excluding carboxylic acids is 1. The molecule has 0 spiro atoms. The Balaban J connectivity index is 1.70. The van der Waals surface area contributed by atoms with E-state index in [2.05, 4.69) is 0 Å². The molecule has 1 fully saturated rings. The van der Waals surface area contributed by atoms with Gasteiger partial charge in [-0.1, -0.05) is 6.07 Å². The molecule has 0 aromatic heterocycles. The summed E-state index contributed by atoms with van der Waals surface area (Å²) in [7, 11) is 0. The van der Waals surface area contributed by atoms with Gasteiger partial charge in [0.05, 0.1) is 5.92 Å². The summed E-state index contributed by atoms with van der Waals surface area (Å²) >= 11 is 0. The average molecular weight is 290 g/mol. The summed E-state index contributed by atoms with van der Waals surface area (Å²) in [6, 6.07) is 5.87. The van der Waals surface area contributed by atoms with Crippen molar-refractivity contribution in [3.05, 3.63) is 23.8 Å². The number of hydrogen-bond donors (Lipinski definition) is 1. The first kappa shape index (κ1) is 14.2. The van der Waals surface area contributed by atoms with E-state index in [9.17, 15) is 4.79 Å². The number of nitrogens with zero attached hydrogens (tertiary/aromatic N) is 1. The van der Waals surface area contributed by atoms with Crippen LogP contribution in [0.2, 0.25) is 0 Å². The highest BCUT2D eigenvalue weighted by Crippen LogP contribution is 2.31. The third kappa shape index (κ3) is 3.13. The van der Waals surface area contributed by atoms with Gasteiger partial charge >= 0.3 is 0 Å². The summed E-state index contributed by atoms with van der Waals surface area (Å²) in [6.07, 6.45) is 2.86. The number of fused-ring (bicyclic) bond motifs is 1. The van der Waals surface area contributed by atoms with Gasteiger partial charge in [-0.2, -0.15) is 0 Å². The zero-order valence-corrected chi connectivity index (χ0v) is 12.2. The Morgan fingerprint density at radius 2 is 1.90 bits per heavy atom. The first-order chi connectivity index (χ1) is 10.3. The summed E-state index contributed by atoms with van der Waals surface area (Å²) in [5.41, 5.74) is 6.90. The number of rotatable bonds is 4. The van der Waals surface area contributed by atoms with Gasteiger partial charge in [0.25, 0.3) is 0 Å². The standard InChI is InChI=1S/C16H22N2O3/c17-11-13(16(19)18-5-1-2-6-18)9-12-3-4-14-15(10-12)21-8-7-20-14/h3-4,10,13H,1-2,5-9,11,17H2. The van der Waals surface area contributed by atoms with Crippen LogP contribution in [0.15, 0.2) is 18.2 Å². The largest absolute Gasteiger partial charge is 0.486 e. The molecule has 0 saturated carbocycles. The highest BCUT2D eigenvalue weighted by atomic mass is 16.6. The molecular weight excluding hydrogens is 268 g/mol. The minimum atomic E-state index is -0.148. The molecule has 0 bridgehead atoms. The molecule has 3 rings (SSSR count). The number of likely N-dealkylation sites (tertiary alicyclic amines) is 1. The number of ether oxygens (including phenoxy) is 2. The van der Waals surface area contributed by atoms with E-state index in [-0.39, 0.29) is 11.8 Å². The molecule has 0 radical (unpaired) electrons. The Morgan fingerprint density at radius 1 is 1.19 bits per heavy atom. The van der Waals surface area contributed by atoms with Gasteiger partial charge in [0.15, 0.2) is 11.5 Å². The number of amides is 1. The monoisotopic (exact) mass is 290 g/mol. The highest BCUT2D eigenvalue weighted by Gasteiger charge is 2.26. The fraction of sp³-hybridized carbons (Fsp3) is 0.562. The lowest BCUT2D eigenvalue weighted by Crippen LogP contribution is -2.38. The lowest BCUT2D eigenvalue weighted by molar-refractivity contribution is -0.134. The molecule has 2 N–H and O–H groups in total. The molecule has 2 aliphatic heterocycles. The lowest BCUT2D eigenvalue weighted by atomic mass is 9.97. The van der Waals surface area contributed by atoms with Crippen molar-refractivity contribution < 1.29 is 14.3 Å². The smallest absolute Gasteiger partial charge is 0.227 e. The normalized spacial score (nSPS) is 18.6. The molecule has 21 heavy (non-hydrogen) atoms. The molecule has 114 valence electrons. The van der Waals surface area contributed by atoms with Crippen LogP contribution in [0.3, 0.4) is 0 Å². The summed E-state index contributed by atoms with van der Waals surface area (Å²) in [4.78, 5) is 14.4. The first-order valence-electron chi connectivity index (χ1n) is 7.65. The second-order valence-corrected chi connectivity index (χ2v) is 5.65. The van der Waals surface area contributed by atoms with Crippen molar-refractivity contribution in [2.45, 2.75) is 19.3 Å². The zero-order valence-electron chi connectivity index (χ0n) is 12.2. The van der Waals surface area contributed by atoms with Gasteiger partial charge in [-0.15, -0.1) is 0 Å². The molecular formula is C16H22N2O3. The molecule has 1 unspecified atom stereocenters. The quantitative estimate of drug-likeness (QED) is 0.905. The molecule has 5 heteroatoms. The highest BCUT2D eigenvalue weighted by molar-refractivity contribution is 5.79. The van der Waals surface area contributed by atoms with Crippen molar-refractivity contribution in [1.29, 1.82) is 0 Å². The topological polar surface area (TPSA) is 64.8 Å². The Hall–Kier alpha value is -1.75. The Labute approximate surface area is 125 Å². The molecule has 1 aromatic rings. The molecule has 1 amide bonds. The summed E-state index contributed by atoms with van der Waals surface area (Å²) in [6.45, 7) is 3.28. The minimum absolute atomic E-state index is 0.148. The number of carbonyl (C=O) groups is 1. The molecule has 1 saturated heterocycles. The van der Waals surface area contributed by atoms with Crippen LogP contribution in [0, 0.1) is 5.92 Å². The van der Waals surface area contributed by atoms with E-state index in [0.29, 0.717) is 26.2 Å². The van der Waals surface area contributed by atoms with Crippen molar-refractivity contribution >= 4 is 5.91 Å².